The molecule has 0 fully saturated rings. The second-order valence-electron chi connectivity index (χ2n) is 6.35. The summed E-state index contributed by atoms with van der Waals surface area (Å²) in [7, 11) is 3.29. The summed E-state index contributed by atoms with van der Waals surface area (Å²) in [4.78, 5) is 4.81. The van der Waals surface area contributed by atoms with Crippen molar-refractivity contribution in [1.82, 2.24) is 9.38 Å². The molecule has 0 unspecified atom stereocenters. The molecule has 128 valence electrons. The molecule has 0 amide bonds. The van der Waals surface area contributed by atoms with Gasteiger partial charge in [-0.1, -0.05) is 6.08 Å². The Labute approximate surface area is 147 Å². The highest BCUT2D eigenvalue weighted by atomic mass is 16.5. The van der Waals surface area contributed by atoms with Gasteiger partial charge in [0.15, 0.2) is 11.5 Å². The maximum atomic E-state index is 5.40. The maximum Gasteiger partial charge on any atom is 0.161 e. The quantitative estimate of drug-likeness (QED) is 0.675. The van der Waals surface area contributed by atoms with Gasteiger partial charge in [0.2, 0.25) is 0 Å². The first-order chi connectivity index (χ1) is 12.3. The van der Waals surface area contributed by atoms with Crippen LogP contribution in [0.2, 0.25) is 0 Å². The first-order valence-electron chi connectivity index (χ1n) is 8.69. The van der Waals surface area contributed by atoms with E-state index in [9.17, 15) is 0 Å². The van der Waals surface area contributed by atoms with Crippen LogP contribution in [-0.4, -0.2) is 23.6 Å². The number of nitrogens with zero attached hydrogens (tertiary/aromatic N) is 2. The summed E-state index contributed by atoms with van der Waals surface area (Å²) in [5, 5.41) is 0. The fourth-order valence-electron chi connectivity index (χ4n) is 3.42. The number of rotatable bonds is 4. The SMILES string of the molecule is COc1ccc(-c2cn3ccc(C4=CCCCC4)cc3n2)cc1OC. The molecule has 1 aliphatic carbocycles. The predicted octanol–water partition coefficient (Wildman–Crippen LogP) is 4.98. The third kappa shape index (κ3) is 3.00. The van der Waals surface area contributed by atoms with Gasteiger partial charge >= 0.3 is 0 Å². The zero-order chi connectivity index (χ0) is 17.2. The lowest BCUT2D eigenvalue weighted by Gasteiger charge is -2.12. The molecular formula is C21H22N2O2. The second kappa shape index (κ2) is 6.63. The molecule has 2 aromatic heterocycles. The van der Waals surface area contributed by atoms with E-state index in [1.807, 2.05) is 18.2 Å². The highest BCUT2D eigenvalue weighted by molar-refractivity contribution is 5.71. The van der Waals surface area contributed by atoms with Crippen LogP contribution in [-0.2, 0) is 0 Å². The largest absolute Gasteiger partial charge is 0.493 e. The molecule has 4 rings (SSSR count). The fourth-order valence-corrected chi connectivity index (χ4v) is 3.42. The molecule has 0 aliphatic heterocycles. The lowest BCUT2D eigenvalue weighted by Crippen LogP contribution is -1.93. The topological polar surface area (TPSA) is 35.8 Å². The van der Waals surface area contributed by atoms with Gasteiger partial charge in [-0.3, -0.25) is 0 Å². The predicted molar refractivity (Wildman–Crippen MR) is 100 cm³/mol. The third-order valence-corrected chi connectivity index (χ3v) is 4.80. The number of imidazole rings is 1. The van der Waals surface area contributed by atoms with E-state index in [0.717, 1.165) is 22.7 Å². The molecule has 0 atom stereocenters. The van der Waals surface area contributed by atoms with E-state index in [-0.39, 0.29) is 0 Å². The summed E-state index contributed by atoms with van der Waals surface area (Å²) in [6, 6.07) is 10.3. The van der Waals surface area contributed by atoms with Crippen LogP contribution in [0.25, 0.3) is 22.5 Å². The molecule has 0 bridgehead atoms. The van der Waals surface area contributed by atoms with Crippen LogP contribution >= 0.6 is 0 Å². The van der Waals surface area contributed by atoms with E-state index in [2.05, 4.69) is 35.0 Å². The molecular weight excluding hydrogens is 312 g/mol. The van der Waals surface area contributed by atoms with E-state index < -0.39 is 0 Å². The minimum Gasteiger partial charge on any atom is -0.493 e. The number of hydrogen-bond acceptors (Lipinski definition) is 3. The van der Waals surface area contributed by atoms with Crippen molar-refractivity contribution >= 4 is 11.2 Å². The molecule has 0 saturated heterocycles. The summed E-state index contributed by atoms with van der Waals surface area (Å²) in [6.07, 6.45) is 11.5. The van der Waals surface area contributed by atoms with Crippen molar-refractivity contribution in [1.29, 1.82) is 0 Å². The number of aromatic nitrogens is 2. The lowest BCUT2D eigenvalue weighted by molar-refractivity contribution is 0.355. The molecule has 4 heteroatoms. The van der Waals surface area contributed by atoms with E-state index in [1.54, 1.807) is 14.2 Å². The fraction of sp³-hybridized carbons (Fsp3) is 0.286. The molecule has 0 radical (unpaired) electrons. The molecule has 1 aliphatic rings. The number of pyridine rings is 1. The molecule has 2 heterocycles. The van der Waals surface area contributed by atoms with Crippen LogP contribution in [0.3, 0.4) is 0 Å². The minimum atomic E-state index is 0.713. The molecule has 25 heavy (non-hydrogen) atoms. The summed E-state index contributed by atoms with van der Waals surface area (Å²) in [5.41, 5.74) is 5.64. The van der Waals surface area contributed by atoms with Crippen LogP contribution in [0, 0.1) is 0 Å². The monoisotopic (exact) mass is 334 g/mol. The average molecular weight is 334 g/mol. The Bertz CT molecular complexity index is 940. The summed E-state index contributed by atoms with van der Waals surface area (Å²) in [5.74, 6) is 1.44. The summed E-state index contributed by atoms with van der Waals surface area (Å²) < 4.78 is 12.8. The molecule has 4 nitrogen and oxygen atoms in total. The summed E-state index contributed by atoms with van der Waals surface area (Å²) in [6.45, 7) is 0. The number of hydrogen-bond donors (Lipinski definition) is 0. The van der Waals surface area contributed by atoms with Gasteiger partial charge in [-0.2, -0.15) is 0 Å². The van der Waals surface area contributed by atoms with E-state index in [0.29, 0.717) is 5.75 Å². The van der Waals surface area contributed by atoms with Crippen molar-refractivity contribution in [3.8, 4) is 22.8 Å². The summed E-state index contributed by atoms with van der Waals surface area (Å²) >= 11 is 0. The molecule has 0 N–H and O–H groups in total. The number of benzene rings is 1. The minimum absolute atomic E-state index is 0.713. The van der Waals surface area contributed by atoms with Crippen LogP contribution in [0.1, 0.15) is 31.2 Å². The molecule has 0 saturated carbocycles. The van der Waals surface area contributed by atoms with E-state index in [4.69, 9.17) is 14.5 Å². The van der Waals surface area contributed by atoms with Crippen molar-refractivity contribution in [2.75, 3.05) is 14.2 Å². The van der Waals surface area contributed by atoms with Crippen molar-refractivity contribution in [2.45, 2.75) is 25.7 Å². The molecule has 1 aromatic carbocycles. The maximum absolute atomic E-state index is 5.40. The smallest absolute Gasteiger partial charge is 0.161 e. The Hall–Kier alpha value is -2.75. The first-order valence-corrected chi connectivity index (χ1v) is 8.69. The van der Waals surface area contributed by atoms with Gasteiger partial charge in [0.05, 0.1) is 19.9 Å². The zero-order valence-corrected chi connectivity index (χ0v) is 14.7. The third-order valence-electron chi connectivity index (χ3n) is 4.80. The van der Waals surface area contributed by atoms with Gasteiger partial charge in [0.25, 0.3) is 0 Å². The number of ether oxygens (including phenoxy) is 2. The van der Waals surface area contributed by atoms with Gasteiger partial charge in [-0.25, -0.2) is 4.98 Å². The first kappa shape index (κ1) is 15.8. The van der Waals surface area contributed by atoms with Gasteiger partial charge in [0.1, 0.15) is 5.65 Å². The van der Waals surface area contributed by atoms with Crippen molar-refractivity contribution in [3.05, 3.63) is 54.4 Å². The lowest BCUT2D eigenvalue weighted by atomic mass is 9.94. The van der Waals surface area contributed by atoms with Gasteiger partial charge in [-0.05, 0) is 67.2 Å². The van der Waals surface area contributed by atoms with Crippen molar-refractivity contribution in [3.63, 3.8) is 0 Å². The van der Waals surface area contributed by atoms with Crippen LogP contribution in [0.15, 0.2) is 48.8 Å². The molecule has 0 spiro atoms. The van der Waals surface area contributed by atoms with Gasteiger partial charge < -0.3 is 13.9 Å². The highest BCUT2D eigenvalue weighted by Gasteiger charge is 2.11. The van der Waals surface area contributed by atoms with E-state index in [1.165, 1.54) is 36.8 Å². The molecule has 3 aromatic rings. The Kier molecular flexibility index (Phi) is 4.18. The Balaban J connectivity index is 1.73. The highest BCUT2D eigenvalue weighted by Crippen LogP contribution is 2.32. The Morgan fingerprint density at radius 2 is 1.84 bits per heavy atom. The number of allylic oxidation sites excluding steroid dienone is 2. The second-order valence-corrected chi connectivity index (χ2v) is 6.35. The normalized spacial score (nSPS) is 14.4. The van der Waals surface area contributed by atoms with Crippen molar-refractivity contribution < 1.29 is 9.47 Å². The number of methoxy groups -OCH3 is 2. The van der Waals surface area contributed by atoms with Gasteiger partial charge in [-0.15, -0.1) is 0 Å². The zero-order valence-electron chi connectivity index (χ0n) is 14.7. The van der Waals surface area contributed by atoms with Crippen LogP contribution in [0.5, 0.6) is 11.5 Å². The van der Waals surface area contributed by atoms with E-state index >= 15 is 0 Å². The van der Waals surface area contributed by atoms with Crippen molar-refractivity contribution in [2.24, 2.45) is 0 Å². The Morgan fingerprint density at radius 1 is 0.960 bits per heavy atom. The van der Waals surface area contributed by atoms with Crippen LogP contribution in [0.4, 0.5) is 0 Å². The number of fused-ring (bicyclic) bond motifs is 1. The van der Waals surface area contributed by atoms with Gasteiger partial charge in [0, 0.05) is 18.0 Å². The van der Waals surface area contributed by atoms with Crippen LogP contribution < -0.4 is 9.47 Å². The Morgan fingerprint density at radius 3 is 2.60 bits per heavy atom. The average Bonchev–Trinajstić information content (AvgIpc) is 3.11. The standard InChI is InChI=1S/C21H22N2O2/c1-24-19-9-8-17(12-20(19)25-2)18-14-23-11-10-16(13-21(23)22-18)15-6-4-3-5-7-15/h6,8-14H,3-5,7H2,1-2H3.